The third-order valence-electron chi connectivity index (χ3n) is 4.01. The highest BCUT2D eigenvalue weighted by molar-refractivity contribution is 6.32. The number of benzene rings is 2. The smallest absolute Gasteiger partial charge is 0.329 e. The zero-order valence-electron chi connectivity index (χ0n) is 14.2. The molecule has 0 bridgehead atoms. The van der Waals surface area contributed by atoms with Crippen LogP contribution in [0.15, 0.2) is 42.1 Å². The Labute approximate surface area is 155 Å². The number of methoxy groups -OCH3 is 1. The maximum absolute atomic E-state index is 12.6. The lowest BCUT2D eigenvalue weighted by Gasteiger charge is -2.11. The van der Waals surface area contributed by atoms with Crippen molar-refractivity contribution in [3.8, 4) is 11.5 Å². The Morgan fingerprint density at radius 1 is 1.23 bits per heavy atom. The number of nitrogens with zero attached hydrogens (tertiary/aromatic N) is 1. The lowest BCUT2D eigenvalue weighted by atomic mass is 10.1. The molecule has 0 atom stereocenters. The van der Waals surface area contributed by atoms with Gasteiger partial charge in [0.05, 0.1) is 18.7 Å². The summed E-state index contributed by atoms with van der Waals surface area (Å²) >= 11 is 5.96. The van der Waals surface area contributed by atoms with Crippen LogP contribution in [0.3, 0.4) is 0 Å². The van der Waals surface area contributed by atoms with E-state index >= 15 is 0 Å². The van der Waals surface area contributed by atoms with Gasteiger partial charge in [0, 0.05) is 0 Å². The number of phenolic OH excluding ortho intramolecular Hbond substituents is 1. The molecule has 0 saturated carbocycles. The van der Waals surface area contributed by atoms with E-state index in [1.165, 1.54) is 25.3 Å². The lowest BCUT2D eigenvalue weighted by Crippen LogP contribution is -2.30. The van der Waals surface area contributed by atoms with Gasteiger partial charge in [0.15, 0.2) is 11.5 Å². The van der Waals surface area contributed by atoms with E-state index in [-0.39, 0.29) is 28.8 Å². The molecule has 1 heterocycles. The van der Waals surface area contributed by atoms with Gasteiger partial charge in [-0.1, -0.05) is 41.4 Å². The number of imide groups is 1. The minimum Gasteiger partial charge on any atom is -0.503 e. The summed E-state index contributed by atoms with van der Waals surface area (Å²) in [5.74, 6) is -0.435. The summed E-state index contributed by atoms with van der Waals surface area (Å²) < 4.78 is 5.04. The van der Waals surface area contributed by atoms with Crippen LogP contribution in [0.25, 0.3) is 6.08 Å². The summed E-state index contributed by atoms with van der Waals surface area (Å²) in [6, 6.07) is 10.1. The maximum Gasteiger partial charge on any atom is 0.329 e. The first kappa shape index (κ1) is 17.8. The summed E-state index contributed by atoms with van der Waals surface area (Å²) in [7, 11) is 1.40. The van der Waals surface area contributed by atoms with Crippen LogP contribution < -0.4 is 10.1 Å². The molecule has 0 radical (unpaired) electrons. The van der Waals surface area contributed by atoms with Crippen LogP contribution in [0.5, 0.6) is 11.5 Å². The number of urea groups is 1. The van der Waals surface area contributed by atoms with E-state index in [0.717, 1.165) is 16.0 Å². The third-order valence-corrected chi connectivity index (χ3v) is 4.29. The molecular weight excluding hydrogens is 356 g/mol. The summed E-state index contributed by atoms with van der Waals surface area (Å²) in [6.45, 7) is 2.15. The van der Waals surface area contributed by atoms with Crippen LogP contribution in [0.1, 0.15) is 16.7 Å². The van der Waals surface area contributed by atoms with Crippen LogP contribution in [-0.4, -0.2) is 29.1 Å². The molecule has 6 nitrogen and oxygen atoms in total. The molecule has 3 rings (SSSR count). The number of carbonyl (C=O) groups excluding carboxylic acids is 2. The topological polar surface area (TPSA) is 78.9 Å². The first-order valence-corrected chi connectivity index (χ1v) is 8.23. The van der Waals surface area contributed by atoms with Crippen molar-refractivity contribution >= 4 is 29.6 Å². The van der Waals surface area contributed by atoms with Gasteiger partial charge < -0.3 is 15.2 Å². The lowest BCUT2D eigenvalue weighted by molar-refractivity contribution is -0.123. The van der Waals surface area contributed by atoms with Crippen LogP contribution in [0, 0.1) is 6.92 Å². The number of hydrogen-bond donors (Lipinski definition) is 2. The number of ether oxygens (including phenoxy) is 1. The van der Waals surface area contributed by atoms with Crippen LogP contribution in [0.4, 0.5) is 4.79 Å². The Morgan fingerprint density at radius 2 is 1.92 bits per heavy atom. The van der Waals surface area contributed by atoms with Gasteiger partial charge in [-0.25, -0.2) is 4.79 Å². The molecule has 1 aliphatic rings. The molecule has 3 amide bonds. The van der Waals surface area contributed by atoms with Crippen molar-refractivity contribution in [1.82, 2.24) is 10.2 Å². The highest BCUT2D eigenvalue weighted by Gasteiger charge is 2.33. The van der Waals surface area contributed by atoms with Crippen LogP contribution in [-0.2, 0) is 11.3 Å². The molecule has 26 heavy (non-hydrogen) atoms. The number of aromatic hydroxyl groups is 1. The summed E-state index contributed by atoms with van der Waals surface area (Å²) in [4.78, 5) is 25.9. The molecular formula is C19H17ClN2O4. The number of carbonyl (C=O) groups is 2. The van der Waals surface area contributed by atoms with Crippen molar-refractivity contribution in [2.45, 2.75) is 13.5 Å². The Bertz CT molecular complexity index is 907. The standard InChI is InChI=1S/C19H17ClN2O4/c1-11-3-5-12(6-4-11)10-22-18(24)15(21-19(22)25)8-13-7-14(20)17(23)16(9-13)26-2/h3-9,23H,10H2,1-2H3,(H,21,25)/b15-8+. The van der Waals surface area contributed by atoms with Crippen molar-refractivity contribution in [2.75, 3.05) is 7.11 Å². The van der Waals surface area contributed by atoms with Gasteiger partial charge in [-0.2, -0.15) is 0 Å². The predicted molar refractivity (Wildman–Crippen MR) is 97.9 cm³/mol. The molecule has 134 valence electrons. The second kappa shape index (κ2) is 7.09. The molecule has 7 heteroatoms. The SMILES string of the molecule is COc1cc(/C=C2/NC(=O)N(Cc3ccc(C)cc3)C2=O)cc(Cl)c1O. The van der Waals surface area contributed by atoms with Crippen molar-refractivity contribution in [2.24, 2.45) is 0 Å². The molecule has 0 unspecified atom stereocenters. The second-order valence-corrected chi connectivity index (χ2v) is 6.33. The Balaban J connectivity index is 1.85. The summed E-state index contributed by atoms with van der Waals surface area (Å²) in [5, 5.41) is 12.4. The first-order chi connectivity index (χ1) is 12.4. The third kappa shape index (κ3) is 3.50. The zero-order valence-corrected chi connectivity index (χ0v) is 15.0. The van der Waals surface area contributed by atoms with Gasteiger partial charge in [-0.15, -0.1) is 0 Å². The van der Waals surface area contributed by atoms with Crippen molar-refractivity contribution < 1.29 is 19.4 Å². The van der Waals surface area contributed by atoms with Gasteiger partial charge in [0.25, 0.3) is 5.91 Å². The van der Waals surface area contributed by atoms with Gasteiger partial charge >= 0.3 is 6.03 Å². The quantitative estimate of drug-likeness (QED) is 0.636. The first-order valence-electron chi connectivity index (χ1n) is 7.85. The van der Waals surface area contributed by atoms with Gasteiger partial charge in [-0.05, 0) is 36.3 Å². The molecule has 0 spiro atoms. The second-order valence-electron chi connectivity index (χ2n) is 5.92. The van der Waals surface area contributed by atoms with Crippen molar-refractivity contribution in [1.29, 1.82) is 0 Å². The number of hydrogen-bond acceptors (Lipinski definition) is 4. The van der Waals surface area contributed by atoms with Crippen LogP contribution in [0.2, 0.25) is 5.02 Å². The summed E-state index contributed by atoms with van der Waals surface area (Å²) in [6.07, 6.45) is 1.49. The molecule has 2 aromatic rings. The van der Waals surface area contributed by atoms with E-state index < -0.39 is 11.9 Å². The number of amides is 3. The van der Waals surface area contributed by atoms with Gasteiger partial charge in [0.2, 0.25) is 0 Å². The molecule has 2 aromatic carbocycles. The summed E-state index contributed by atoms with van der Waals surface area (Å²) in [5.41, 5.74) is 2.61. The largest absolute Gasteiger partial charge is 0.503 e. The maximum atomic E-state index is 12.6. The predicted octanol–water partition coefficient (Wildman–Crippen LogP) is 3.46. The van der Waals surface area contributed by atoms with E-state index in [0.29, 0.717) is 5.56 Å². The fourth-order valence-electron chi connectivity index (χ4n) is 2.59. The number of halogens is 1. The average Bonchev–Trinajstić information content (AvgIpc) is 2.87. The number of phenols is 1. The van der Waals surface area contributed by atoms with Gasteiger partial charge in [0.1, 0.15) is 5.70 Å². The van der Waals surface area contributed by atoms with Crippen molar-refractivity contribution in [3.05, 3.63) is 63.8 Å². The number of rotatable bonds is 4. The highest BCUT2D eigenvalue weighted by atomic mass is 35.5. The van der Waals surface area contributed by atoms with Crippen LogP contribution >= 0.6 is 11.6 Å². The van der Waals surface area contributed by atoms with E-state index in [1.807, 2.05) is 31.2 Å². The van der Waals surface area contributed by atoms with E-state index in [1.54, 1.807) is 0 Å². The molecule has 1 aliphatic heterocycles. The molecule has 1 fully saturated rings. The average molecular weight is 373 g/mol. The number of aryl methyl sites for hydroxylation is 1. The molecule has 2 N–H and O–H groups in total. The molecule has 1 saturated heterocycles. The Morgan fingerprint density at radius 3 is 2.58 bits per heavy atom. The van der Waals surface area contributed by atoms with E-state index in [4.69, 9.17) is 16.3 Å². The highest BCUT2D eigenvalue weighted by Crippen LogP contribution is 2.35. The monoisotopic (exact) mass is 372 g/mol. The fourth-order valence-corrected chi connectivity index (χ4v) is 2.81. The Hall–Kier alpha value is -2.99. The zero-order chi connectivity index (χ0) is 18.8. The van der Waals surface area contributed by atoms with E-state index in [9.17, 15) is 14.7 Å². The molecule has 0 aromatic heterocycles. The van der Waals surface area contributed by atoms with Gasteiger partial charge in [-0.3, -0.25) is 9.69 Å². The Kier molecular flexibility index (Phi) is 4.86. The van der Waals surface area contributed by atoms with E-state index in [2.05, 4.69) is 5.32 Å². The number of nitrogens with one attached hydrogen (secondary N) is 1. The van der Waals surface area contributed by atoms with Crippen molar-refractivity contribution in [3.63, 3.8) is 0 Å². The molecule has 0 aliphatic carbocycles. The minimum atomic E-state index is -0.487. The normalized spacial score (nSPS) is 15.5. The minimum absolute atomic E-state index is 0.0875. The fraction of sp³-hybridized carbons (Fsp3) is 0.158.